The van der Waals surface area contributed by atoms with Crippen molar-refractivity contribution < 1.29 is 0 Å². The van der Waals surface area contributed by atoms with Gasteiger partial charge < -0.3 is 5.32 Å². The molecule has 0 saturated heterocycles. The third-order valence-electron chi connectivity index (χ3n) is 3.29. The minimum Gasteiger partial charge on any atom is -0.305 e. The number of aromatic nitrogens is 3. The van der Waals surface area contributed by atoms with Crippen molar-refractivity contribution in [3.63, 3.8) is 0 Å². The molecule has 0 aliphatic rings. The van der Waals surface area contributed by atoms with E-state index in [2.05, 4.69) is 27.2 Å². The lowest BCUT2D eigenvalue weighted by Crippen LogP contribution is -2.18. The molecule has 3 aromatic rings. The van der Waals surface area contributed by atoms with Gasteiger partial charge >= 0.3 is 0 Å². The first-order chi connectivity index (χ1) is 9.83. The highest BCUT2D eigenvalue weighted by Gasteiger charge is 2.05. The van der Waals surface area contributed by atoms with Gasteiger partial charge in [0.25, 0.3) is 0 Å². The highest BCUT2D eigenvalue weighted by atomic mass is 14.9. The summed E-state index contributed by atoms with van der Waals surface area (Å²) in [5.74, 6) is 0. The molecule has 0 fully saturated rings. The number of rotatable bonds is 4. The van der Waals surface area contributed by atoms with Crippen LogP contribution in [0, 0.1) is 0 Å². The van der Waals surface area contributed by atoms with Crippen molar-refractivity contribution >= 4 is 11.0 Å². The minimum absolute atomic E-state index is 0.256. The average molecular weight is 264 g/mol. The normalized spacial score (nSPS) is 12.4. The average Bonchev–Trinajstić information content (AvgIpc) is 2.53. The Bertz CT molecular complexity index is 697. The van der Waals surface area contributed by atoms with Gasteiger partial charge in [-0.25, -0.2) is 4.98 Å². The molecule has 0 spiro atoms. The molecule has 4 nitrogen and oxygen atoms in total. The first-order valence-electron chi connectivity index (χ1n) is 6.67. The molecule has 20 heavy (non-hydrogen) atoms. The van der Waals surface area contributed by atoms with Crippen molar-refractivity contribution in [2.75, 3.05) is 0 Å². The molecule has 0 amide bonds. The molecule has 1 unspecified atom stereocenters. The van der Waals surface area contributed by atoms with Crippen LogP contribution in [0.15, 0.2) is 55.0 Å². The van der Waals surface area contributed by atoms with E-state index in [1.54, 1.807) is 0 Å². The van der Waals surface area contributed by atoms with Gasteiger partial charge in [0, 0.05) is 25.0 Å². The van der Waals surface area contributed by atoms with Gasteiger partial charge in [-0.3, -0.25) is 9.97 Å². The van der Waals surface area contributed by atoms with Gasteiger partial charge in [-0.2, -0.15) is 0 Å². The molecule has 0 radical (unpaired) electrons. The quantitative estimate of drug-likeness (QED) is 0.787. The summed E-state index contributed by atoms with van der Waals surface area (Å²) in [5.41, 5.74) is 4.03. The summed E-state index contributed by atoms with van der Waals surface area (Å²) in [6, 6.07) is 12.2. The molecule has 0 aliphatic heterocycles. The largest absolute Gasteiger partial charge is 0.305 e. The summed E-state index contributed by atoms with van der Waals surface area (Å²) in [7, 11) is 0. The standard InChI is InChI=1S/C16H16N4/c1-12(13-6-8-17-9-7-13)18-10-14-11-19-15-4-2-3-5-16(15)20-14/h2-9,11-12,18H,10H2,1H3. The van der Waals surface area contributed by atoms with Crippen molar-refractivity contribution in [3.8, 4) is 0 Å². The number of hydrogen-bond donors (Lipinski definition) is 1. The van der Waals surface area contributed by atoms with Crippen LogP contribution in [0.1, 0.15) is 24.2 Å². The molecule has 0 bridgehead atoms. The van der Waals surface area contributed by atoms with Crippen molar-refractivity contribution in [2.24, 2.45) is 0 Å². The number of benzene rings is 1. The second kappa shape index (κ2) is 5.75. The lowest BCUT2D eigenvalue weighted by atomic mass is 10.1. The van der Waals surface area contributed by atoms with Crippen LogP contribution in [0.25, 0.3) is 11.0 Å². The highest BCUT2D eigenvalue weighted by molar-refractivity contribution is 5.73. The predicted molar refractivity (Wildman–Crippen MR) is 79.0 cm³/mol. The molecule has 1 atom stereocenters. The molecule has 3 rings (SSSR count). The summed E-state index contributed by atoms with van der Waals surface area (Å²) in [4.78, 5) is 13.1. The van der Waals surface area contributed by atoms with E-state index >= 15 is 0 Å². The Morgan fingerprint density at radius 2 is 1.80 bits per heavy atom. The minimum atomic E-state index is 0.256. The zero-order valence-electron chi connectivity index (χ0n) is 11.3. The van der Waals surface area contributed by atoms with Crippen LogP contribution in [0.4, 0.5) is 0 Å². The van der Waals surface area contributed by atoms with Gasteiger partial charge in [0.15, 0.2) is 0 Å². The van der Waals surface area contributed by atoms with Crippen LogP contribution < -0.4 is 5.32 Å². The van der Waals surface area contributed by atoms with Crippen molar-refractivity contribution in [2.45, 2.75) is 19.5 Å². The zero-order chi connectivity index (χ0) is 13.8. The van der Waals surface area contributed by atoms with Crippen LogP contribution in [0.5, 0.6) is 0 Å². The van der Waals surface area contributed by atoms with Crippen molar-refractivity contribution in [3.05, 3.63) is 66.2 Å². The number of hydrogen-bond acceptors (Lipinski definition) is 4. The molecule has 0 saturated carbocycles. The summed E-state index contributed by atoms with van der Waals surface area (Å²) in [6.07, 6.45) is 5.45. The van der Waals surface area contributed by atoms with E-state index in [4.69, 9.17) is 0 Å². The van der Waals surface area contributed by atoms with E-state index in [0.29, 0.717) is 6.54 Å². The fourth-order valence-corrected chi connectivity index (χ4v) is 2.11. The molecule has 0 aliphatic carbocycles. The zero-order valence-corrected chi connectivity index (χ0v) is 11.3. The Kier molecular flexibility index (Phi) is 3.65. The van der Waals surface area contributed by atoms with E-state index in [9.17, 15) is 0 Å². The van der Waals surface area contributed by atoms with Gasteiger partial charge in [0.1, 0.15) is 0 Å². The van der Waals surface area contributed by atoms with E-state index < -0.39 is 0 Å². The van der Waals surface area contributed by atoms with Gasteiger partial charge in [0.2, 0.25) is 0 Å². The van der Waals surface area contributed by atoms with Gasteiger partial charge in [0.05, 0.1) is 22.9 Å². The smallest absolute Gasteiger partial charge is 0.0890 e. The van der Waals surface area contributed by atoms with Gasteiger partial charge in [-0.1, -0.05) is 12.1 Å². The third-order valence-corrected chi connectivity index (χ3v) is 3.29. The molecule has 4 heteroatoms. The molecule has 1 N–H and O–H groups in total. The maximum Gasteiger partial charge on any atom is 0.0890 e. The number of para-hydroxylation sites is 2. The second-order valence-corrected chi connectivity index (χ2v) is 4.73. The van der Waals surface area contributed by atoms with E-state index in [1.807, 2.05) is 55.0 Å². The van der Waals surface area contributed by atoms with Crippen LogP contribution in [-0.2, 0) is 6.54 Å². The molecule has 2 heterocycles. The Morgan fingerprint density at radius 3 is 2.60 bits per heavy atom. The van der Waals surface area contributed by atoms with Crippen molar-refractivity contribution in [1.29, 1.82) is 0 Å². The SMILES string of the molecule is CC(NCc1cnc2ccccc2n1)c1ccncc1. The van der Waals surface area contributed by atoms with Crippen LogP contribution in [0.3, 0.4) is 0 Å². The summed E-state index contributed by atoms with van der Waals surface area (Å²) >= 11 is 0. The molecule has 2 aromatic heterocycles. The van der Waals surface area contributed by atoms with E-state index in [-0.39, 0.29) is 6.04 Å². The Balaban J connectivity index is 1.70. The van der Waals surface area contributed by atoms with Crippen LogP contribution in [-0.4, -0.2) is 15.0 Å². The topological polar surface area (TPSA) is 50.7 Å². The highest BCUT2D eigenvalue weighted by Crippen LogP contribution is 2.12. The molecule has 100 valence electrons. The maximum atomic E-state index is 4.60. The second-order valence-electron chi connectivity index (χ2n) is 4.73. The Morgan fingerprint density at radius 1 is 1.05 bits per heavy atom. The number of pyridine rings is 1. The van der Waals surface area contributed by atoms with Crippen LogP contribution in [0.2, 0.25) is 0 Å². The van der Waals surface area contributed by atoms with E-state index in [1.165, 1.54) is 5.56 Å². The predicted octanol–water partition coefficient (Wildman–Crippen LogP) is 2.88. The van der Waals surface area contributed by atoms with Crippen LogP contribution >= 0.6 is 0 Å². The Labute approximate surface area is 117 Å². The Hall–Kier alpha value is -2.33. The lowest BCUT2D eigenvalue weighted by molar-refractivity contribution is 0.567. The van der Waals surface area contributed by atoms with Gasteiger partial charge in [-0.15, -0.1) is 0 Å². The number of nitrogens with one attached hydrogen (secondary N) is 1. The first-order valence-corrected chi connectivity index (χ1v) is 6.67. The summed E-state index contributed by atoms with van der Waals surface area (Å²) in [5, 5.41) is 3.45. The maximum absolute atomic E-state index is 4.60. The molecular formula is C16H16N4. The molecule has 1 aromatic carbocycles. The summed E-state index contributed by atoms with van der Waals surface area (Å²) < 4.78 is 0. The fourth-order valence-electron chi connectivity index (χ4n) is 2.11. The lowest BCUT2D eigenvalue weighted by Gasteiger charge is -2.13. The fraction of sp³-hybridized carbons (Fsp3) is 0.188. The third kappa shape index (κ3) is 2.81. The number of fused-ring (bicyclic) bond motifs is 1. The number of nitrogens with zero attached hydrogens (tertiary/aromatic N) is 3. The van der Waals surface area contributed by atoms with Crippen molar-refractivity contribution in [1.82, 2.24) is 20.3 Å². The van der Waals surface area contributed by atoms with E-state index in [0.717, 1.165) is 16.7 Å². The summed E-state index contributed by atoms with van der Waals surface area (Å²) in [6.45, 7) is 2.82. The monoisotopic (exact) mass is 264 g/mol. The molecular weight excluding hydrogens is 248 g/mol. The van der Waals surface area contributed by atoms with Gasteiger partial charge in [-0.05, 0) is 36.8 Å². The first kappa shape index (κ1) is 12.7.